The summed E-state index contributed by atoms with van der Waals surface area (Å²) in [5, 5.41) is 0. The fourth-order valence-corrected chi connectivity index (χ4v) is 3.65. The normalized spacial score (nSPS) is 19.9. The third-order valence-corrected chi connectivity index (χ3v) is 5.10. The van der Waals surface area contributed by atoms with Crippen molar-refractivity contribution in [3.05, 3.63) is 30.1 Å². The third kappa shape index (κ3) is 4.48. The molecule has 1 aromatic carbocycles. The summed E-state index contributed by atoms with van der Waals surface area (Å²) >= 11 is 0. The predicted octanol–water partition coefficient (Wildman–Crippen LogP) is 0.672. The van der Waals surface area contributed by atoms with Gasteiger partial charge in [-0.25, -0.2) is 4.39 Å². The van der Waals surface area contributed by atoms with Crippen molar-refractivity contribution in [2.75, 3.05) is 50.7 Å². The van der Waals surface area contributed by atoms with E-state index in [1.807, 2.05) is 9.80 Å². The maximum absolute atomic E-state index is 13.0. The van der Waals surface area contributed by atoms with E-state index in [4.69, 9.17) is 5.73 Å². The highest BCUT2D eigenvalue weighted by atomic mass is 19.1. The number of nitrogens with zero attached hydrogens (tertiary/aromatic N) is 3. The van der Waals surface area contributed by atoms with E-state index in [9.17, 15) is 14.0 Å². The van der Waals surface area contributed by atoms with Crippen LogP contribution in [0.25, 0.3) is 0 Å². The average molecular weight is 348 g/mol. The topological polar surface area (TPSA) is 69.9 Å². The number of halogens is 1. The van der Waals surface area contributed by atoms with Crippen LogP contribution >= 0.6 is 0 Å². The van der Waals surface area contributed by atoms with Crippen molar-refractivity contribution in [2.45, 2.75) is 12.8 Å². The first kappa shape index (κ1) is 17.7. The highest BCUT2D eigenvalue weighted by Crippen LogP contribution is 2.22. The first-order valence-corrected chi connectivity index (χ1v) is 8.83. The van der Waals surface area contributed by atoms with Crippen LogP contribution in [0.2, 0.25) is 0 Å². The summed E-state index contributed by atoms with van der Waals surface area (Å²) in [6, 6.07) is 6.49. The van der Waals surface area contributed by atoms with E-state index >= 15 is 0 Å². The Hall–Kier alpha value is -2.15. The molecular weight excluding hydrogens is 323 g/mol. The highest BCUT2D eigenvalue weighted by molar-refractivity contribution is 5.79. The van der Waals surface area contributed by atoms with E-state index in [0.29, 0.717) is 13.1 Å². The lowest BCUT2D eigenvalue weighted by molar-refractivity contribution is -0.137. The van der Waals surface area contributed by atoms with Gasteiger partial charge in [-0.3, -0.25) is 14.5 Å². The lowest BCUT2D eigenvalue weighted by Gasteiger charge is -2.39. The average Bonchev–Trinajstić information content (AvgIpc) is 2.62. The molecule has 2 aliphatic rings. The van der Waals surface area contributed by atoms with Gasteiger partial charge in [0.25, 0.3) is 0 Å². The van der Waals surface area contributed by atoms with Crippen LogP contribution in [0.4, 0.5) is 10.1 Å². The van der Waals surface area contributed by atoms with E-state index in [1.165, 1.54) is 12.1 Å². The van der Waals surface area contributed by atoms with Crippen LogP contribution in [0, 0.1) is 11.7 Å². The van der Waals surface area contributed by atoms with Gasteiger partial charge in [0.2, 0.25) is 11.8 Å². The first-order chi connectivity index (χ1) is 12.0. The molecule has 136 valence electrons. The van der Waals surface area contributed by atoms with Gasteiger partial charge in [0.05, 0.1) is 6.54 Å². The van der Waals surface area contributed by atoms with Gasteiger partial charge in [-0.05, 0) is 50.2 Å². The van der Waals surface area contributed by atoms with Gasteiger partial charge in [-0.1, -0.05) is 0 Å². The second kappa shape index (κ2) is 7.82. The van der Waals surface area contributed by atoms with Crippen LogP contribution in [-0.4, -0.2) is 67.4 Å². The van der Waals surface area contributed by atoms with Crippen molar-refractivity contribution in [3.8, 4) is 0 Å². The zero-order valence-corrected chi connectivity index (χ0v) is 14.4. The van der Waals surface area contributed by atoms with Gasteiger partial charge < -0.3 is 15.5 Å². The second-order valence-corrected chi connectivity index (χ2v) is 6.81. The van der Waals surface area contributed by atoms with Gasteiger partial charge in [0, 0.05) is 37.8 Å². The van der Waals surface area contributed by atoms with Crippen LogP contribution in [0.5, 0.6) is 0 Å². The summed E-state index contributed by atoms with van der Waals surface area (Å²) in [4.78, 5) is 29.8. The Labute approximate surface area is 147 Å². The van der Waals surface area contributed by atoms with Gasteiger partial charge in [-0.2, -0.15) is 0 Å². The summed E-state index contributed by atoms with van der Waals surface area (Å²) in [5.74, 6) is -0.291. The largest absolute Gasteiger partial charge is 0.369 e. The van der Waals surface area contributed by atoms with Crippen molar-refractivity contribution in [3.63, 3.8) is 0 Å². The van der Waals surface area contributed by atoms with Gasteiger partial charge in [-0.15, -0.1) is 0 Å². The molecule has 2 aliphatic heterocycles. The number of primary amides is 1. The molecule has 0 aromatic heterocycles. The number of carbonyl (C=O) groups is 2. The van der Waals surface area contributed by atoms with E-state index in [0.717, 1.165) is 44.7 Å². The molecule has 0 bridgehead atoms. The van der Waals surface area contributed by atoms with Crippen molar-refractivity contribution < 1.29 is 14.0 Å². The molecule has 0 aliphatic carbocycles. The Bertz CT molecular complexity index is 606. The molecule has 0 spiro atoms. The minimum absolute atomic E-state index is 0.0431. The second-order valence-electron chi connectivity index (χ2n) is 6.81. The first-order valence-electron chi connectivity index (χ1n) is 8.83. The molecule has 2 amide bonds. The Kier molecular flexibility index (Phi) is 5.53. The molecule has 0 atom stereocenters. The summed E-state index contributed by atoms with van der Waals surface area (Å²) in [5.41, 5.74) is 6.22. The zero-order valence-electron chi connectivity index (χ0n) is 14.4. The standard InChI is InChI=1S/C18H25FN4O2/c19-15-1-3-16(4-2-15)22-9-11-23(12-10-22)18(25)14-5-7-21(8-6-14)13-17(20)24/h1-4,14H,5-13H2,(H2,20,24). The number of hydrogen-bond donors (Lipinski definition) is 1. The Morgan fingerprint density at radius 3 is 2.16 bits per heavy atom. The van der Waals surface area contributed by atoms with Crippen LogP contribution in [0.15, 0.2) is 24.3 Å². The number of benzene rings is 1. The minimum Gasteiger partial charge on any atom is -0.369 e. The lowest BCUT2D eigenvalue weighted by atomic mass is 9.95. The maximum Gasteiger partial charge on any atom is 0.231 e. The van der Waals surface area contributed by atoms with Gasteiger partial charge in [0.1, 0.15) is 5.82 Å². The van der Waals surface area contributed by atoms with E-state index in [-0.39, 0.29) is 30.1 Å². The Morgan fingerprint density at radius 2 is 1.60 bits per heavy atom. The molecule has 0 unspecified atom stereocenters. The minimum atomic E-state index is -0.318. The third-order valence-electron chi connectivity index (χ3n) is 5.10. The number of nitrogens with two attached hydrogens (primary N) is 1. The summed E-state index contributed by atoms with van der Waals surface area (Å²) in [7, 11) is 0. The van der Waals surface area contributed by atoms with Crippen LogP contribution in [0.1, 0.15) is 12.8 Å². The zero-order chi connectivity index (χ0) is 17.8. The molecule has 0 saturated carbocycles. The Morgan fingerprint density at radius 1 is 1.00 bits per heavy atom. The van der Waals surface area contributed by atoms with E-state index < -0.39 is 0 Å². The Balaban J connectivity index is 1.47. The number of carbonyl (C=O) groups excluding carboxylic acids is 2. The molecule has 25 heavy (non-hydrogen) atoms. The lowest BCUT2D eigenvalue weighted by Crippen LogP contribution is -2.52. The number of anilines is 1. The van der Waals surface area contributed by atoms with Crippen LogP contribution in [0.3, 0.4) is 0 Å². The number of hydrogen-bond acceptors (Lipinski definition) is 4. The van der Waals surface area contributed by atoms with Crippen molar-refractivity contribution >= 4 is 17.5 Å². The molecule has 3 rings (SSSR count). The number of piperidine rings is 1. The molecule has 2 heterocycles. The highest BCUT2D eigenvalue weighted by Gasteiger charge is 2.30. The molecule has 0 radical (unpaired) electrons. The van der Waals surface area contributed by atoms with E-state index in [2.05, 4.69) is 4.90 Å². The molecule has 2 saturated heterocycles. The molecule has 2 fully saturated rings. The monoisotopic (exact) mass is 348 g/mol. The quantitative estimate of drug-likeness (QED) is 0.868. The van der Waals surface area contributed by atoms with Gasteiger partial charge >= 0.3 is 0 Å². The number of piperazine rings is 1. The SMILES string of the molecule is NC(=O)CN1CCC(C(=O)N2CCN(c3ccc(F)cc3)CC2)CC1. The van der Waals surface area contributed by atoms with Crippen molar-refractivity contribution in [2.24, 2.45) is 11.7 Å². The fraction of sp³-hybridized carbons (Fsp3) is 0.556. The van der Waals surface area contributed by atoms with Crippen molar-refractivity contribution in [1.29, 1.82) is 0 Å². The number of rotatable bonds is 4. The summed E-state index contributed by atoms with van der Waals surface area (Å²) < 4.78 is 13.0. The van der Waals surface area contributed by atoms with Gasteiger partial charge in [0.15, 0.2) is 0 Å². The van der Waals surface area contributed by atoms with Crippen LogP contribution in [-0.2, 0) is 9.59 Å². The number of likely N-dealkylation sites (tertiary alicyclic amines) is 1. The van der Waals surface area contributed by atoms with Crippen LogP contribution < -0.4 is 10.6 Å². The summed E-state index contributed by atoms with van der Waals surface area (Å²) in [6.45, 7) is 4.67. The smallest absolute Gasteiger partial charge is 0.231 e. The molecule has 2 N–H and O–H groups in total. The summed E-state index contributed by atoms with van der Waals surface area (Å²) in [6.07, 6.45) is 1.56. The molecular formula is C18H25FN4O2. The number of amides is 2. The molecule has 1 aromatic rings. The fourth-order valence-electron chi connectivity index (χ4n) is 3.65. The van der Waals surface area contributed by atoms with Crippen molar-refractivity contribution in [1.82, 2.24) is 9.80 Å². The maximum atomic E-state index is 13.0. The molecule has 6 nitrogen and oxygen atoms in total. The predicted molar refractivity (Wildman–Crippen MR) is 93.6 cm³/mol. The molecule has 7 heteroatoms. The van der Waals surface area contributed by atoms with E-state index in [1.54, 1.807) is 12.1 Å².